The highest BCUT2D eigenvalue weighted by Gasteiger charge is 2.07. The summed E-state index contributed by atoms with van der Waals surface area (Å²) < 4.78 is 5.05. The lowest BCUT2D eigenvalue weighted by Gasteiger charge is -2.08. The molecular formula is C11H11ClN2O. The van der Waals surface area contributed by atoms with Crippen LogP contribution in [0.3, 0.4) is 0 Å². The number of rotatable bonds is 4. The van der Waals surface area contributed by atoms with Gasteiger partial charge in [0.25, 0.3) is 0 Å². The predicted molar refractivity (Wildman–Crippen MR) is 61.4 cm³/mol. The number of allylic oxidation sites excluding steroid dienone is 3. The van der Waals surface area contributed by atoms with Crippen molar-refractivity contribution in [2.75, 3.05) is 7.11 Å². The molecule has 0 aliphatic rings. The molecule has 0 radical (unpaired) electrons. The quantitative estimate of drug-likeness (QED) is 0.446. The van der Waals surface area contributed by atoms with Crippen molar-refractivity contribution >= 4 is 17.2 Å². The van der Waals surface area contributed by atoms with Gasteiger partial charge in [-0.15, -0.1) is 0 Å². The molecule has 0 atom stereocenters. The first-order chi connectivity index (χ1) is 7.19. The molecule has 0 N–H and O–H groups in total. The molecule has 0 aliphatic heterocycles. The molecule has 1 heterocycles. The van der Waals surface area contributed by atoms with Gasteiger partial charge in [-0.25, -0.2) is 9.97 Å². The topological polar surface area (TPSA) is 35.0 Å². The van der Waals surface area contributed by atoms with E-state index in [2.05, 4.69) is 23.1 Å². The number of hydrogen-bond donors (Lipinski definition) is 0. The highest BCUT2D eigenvalue weighted by molar-refractivity contribution is 6.28. The van der Waals surface area contributed by atoms with E-state index >= 15 is 0 Å². The number of nitrogens with zero attached hydrogens (tertiary/aromatic N) is 2. The number of aromatic nitrogens is 2. The molecule has 0 fully saturated rings. The van der Waals surface area contributed by atoms with Gasteiger partial charge in [0.2, 0.25) is 5.28 Å². The zero-order valence-electron chi connectivity index (χ0n) is 8.40. The average molecular weight is 223 g/mol. The van der Waals surface area contributed by atoms with Crippen molar-refractivity contribution in [2.24, 2.45) is 0 Å². The number of hydrogen-bond acceptors (Lipinski definition) is 3. The molecule has 0 spiro atoms. The fraction of sp³-hybridized carbons (Fsp3) is 0.0909. The van der Waals surface area contributed by atoms with Gasteiger partial charge in [0, 0.05) is 11.8 Å². The molecule has 0 saturated heterocycles. The maximum absolute atomic E-state index is 5.69. The highest BCUT2D eigenvalue weighted by Crippen LogP contribution is 2.20. The number of ether oxygens (including phenoxy) is 1. The third kappa shape index (κ3) is 2.92. The molecule has 0 unspecified atom stereocenters. The summed E-state index contributed by atoms with van der Waals surface area (Å²) in [5, 5.41) is 0.186. The van der Waals surface area contributed by atoms with Gasteiger partial charge >= 0.3 is 0 Å². The van der Waals surface area contributed by atoms with Gasteiger partial charge in [0.1, 0.15) is 5.76 Å². The maximum atomic E-state index is 5.69. The van der Waals surface area contributed by atoms with Crippen molar-refractivity contribution in [3.63, 3.8) is 0 Å². The normalized spacial score (nSPS) is 10.9. The molecule has 78 valence electrons. The minimum atomic E-state index is 0.186. The molecule has 15 heavy (non-hydrogen) atoms. The van der Waals surface area contributed by atoms with Crippen LogP contribution in [0.5, 0.6) is 0 Å². The van der Waals surface area contributed by atoms with E-state index in [-0.39, 0.29) is 5.28 Å². The highest BCUT2D eigenvalue weighted by atomic mass is 35.5. The molecule has 4 heteroatoms. The second kappa shape index (κ2) is 5.32. The minimum absolute atomic E-state index is 0.186. The first-order valence-corrected chi connectivity index (χ1v) is 4.61. The van der Waals surface area contributed by atoms with Crippen LogP contribution in [0.25, 0.3) is 5.57 Å². The number of halogens is 1. The second-order valence-corrected chi connectivity index (χ2v) is 2.99. The average Bonchev–Trinajstić information content (AvgIpc) is 2.25. The Hall–Kier alpha value is -1.61. The van der Waals surface area contributed by atoms with E-state index in [0.29, 0.717) is 11.5 Å². The lowest BCUT2D eigenvalue weighted by Crippen LogP contribution is -1.95. The molecule has 0 aromatic carbocycles. The van der Waals surface area contributed by atoms with Crippen molar-refractivity contribution in [1.29, 1.82) is 0 Å². The summed E-state index contributed by atoms with van der Waals surface area (Å²) >= 11 is 5.69. The SMILES string of the molecule is C=C/C=C(\C(=C)OC)c1ccnc(Cl)n1. The predicted octanol–water partition coefficient (Wildman–Crippen LogP) is 2.86. The van der Waals surface area contributed by atoms with Gasteiger partial charge in [0.15, 0.2) is 0 Å². The fourth-order valence-electron chi connectivity index (χ4n) is 1.03. The fourth-order valence-corrected chi connectivity index (χ4v) is 1.18. The van der Waals surface area contributed by atoms with E-state index in [4.69, 9.17) is 16.3 Å². The summed E-state index contributed by atoms with van der Waals surface area (Å²) in [6.45, 7) is 7.37. The molecule has 1 aromatic heterocycles. The third-order valence-corrected chi connectivity index (χ3v) is 1.92. The molecule has 0 aliphatic carbocycles. The summed E-state index contributed by atoms with van der Waals surface area (Å²) in [5.41, 5.74) is 1.39. The van der Waals surface area contributed by atoms with E-state index in [1.54, 1.807) is 31.5 Å². The largest absolute Gasteiger partial charge is 0.497 e. The number of methoxy groups -OCH3 is 1. The summed E-state index contributed by atoms with van der Waals surface area (Å²) in [6.07, 6.45) is 4.96. The summed E-state index contributed by atoms with van der Waals surface area (Å²) in [6, 6.07) is 1.73. The van der Waals surface area contributed by atoms with Crippen LogP contribution >= 0.6 is 11.6 Å². The van der Waals surface area contributed by atoms with E-state index in [1.165, 1.54) is 0 Å². The van der Waals surface area contributed by atoms with E-state index < -0.39 is 0 Å². The first kappa shape index (κ1) is 11.5. The molecule has 1 aromatic rings. The van der Waals surface area contributed by atoms with Crippen molar-refractivity contribution in [3.05, 3.63) is 54.3 Å². The Bertz CT molecular complexity index is 413. The Balaban J connectivity index is 3.16. The van der Waals surface area contributed by atoms with Gasteiger partial charge in [-0.05, 0) is 23.7 Å². The monoisotopic (exact) mass is 222 g/mol. The molecule has 0 amide bonds. The molecular weight excluding hydrogens is 212 g/mol. The van der Waals surface area contributed by atoms with Crippen molar-refractivity contribution in [3.8, 4) is 0 Å². The van der Waals surface area contributed by atoms with E-state index in [9.17, 15) is 0 Å². The van der Waals surface area contributed by atoms with Crippen LogP contribution in [0.1, 0.15) is 5.69 Å². The first-order valence-electron chi connectivity index (χ1n) is 4.24. The minimum Gasteiger partial charge on any atom is -0.497 e. The Morgan fingerprint density at radius 2 is 2.33 bits per heavy atom. The maximum Gasteiger partial charge on any atom is 0.222 e. The van der Waals surface area contributed by atoms with Crippen LogP contribution in [0.4, 0.5) is 0 Å². The zero-order valence-corrected chi connectivity index (χ0v) is 9.16. The Morgan fingerprint density at radius 1 is 1.60 bits per heavy atom. The van der Waals surface area contributed by atoms with Crippen LogP contribution in [-0.2, 0) is 4.74 Å². The lowest BCUT2D eigenvalue weighted by molar-refractivity contribution is 0.312. The molecule has 1 rings (SSSR count). The molecule has 0 saturated carbocycles. The van der Waals surface area contributed by atoms with Crippen molar-refractivity contribution in [2.45, 2.75) is 0 Å². The Labute approximate surface area is 93.8 Å². The van der Waals surface area contributed by atoms with Crippen LogP contribution in [0.2, 0.25) is 5.28 Å². The van der Waals surface area contributed by atoms with Crippen molar-refractivity contribution in [1.82, 2.24) is 9.97 Å². The van der Waals surface area contributed by atoms with Gasteiger partial charge < -0.3 is 4.74 Å². The summed E-state index contributed by atoms with van der Waals surface area (Å²) in [7, 11) is 1.54. The molecule has 0 bridgehead atoms. The van der Waals surface area contributed by atoms with Crippen LogP contribution in [-0.4, -0.2) is 17.1 Å². The molecule has 3 nitrogen and oxygen atoms in total. The third-order valence-electron chi connectivity index (χ3n) is 1.73. The lowest BCUT2D eigenvalue weighted by atomic mass is 10.1. The summed E-state index contributed by atoms with van der Waals surface area (Å²) in [4.78, 5) is 7.86. The van der Waals surface area contributed by atoms with Gasteiger partial charge in [0.05, 0.1) is 12.8 Å². The van der Waals surface area contributed by atoms with Gasteiger partial charge in [-0.2, -0.15) is 0 Å². The van der Waals surface area contributed by atoms with E-state index in [1.807, 2.05) is 0 Å². The second-order valence-electron chi connectivity index (χ2n) is 2.65. The standard InChI is InChI=1S/C11H11ClN2O/c1-4-5-9(8(2)15-3)10-6-7-13-11(12)14-10/h4-7H,1-2H2,3H3/b9-5+. The van der Waals surface area contributed by atoms with Crippen LogP contribution in [0.15, 0.2) is 43.3 Å². The van der Waals surface area contributed by atoms with Crippen LogP contribution < -0.4 is 0 Å². The van der Waals surface area contributed by atoms with Crippen molar-refractivity contribution < 1.29 is 4.74 Å². The van der Waals surface area contributed by atoms with Crippen LogP contribution in [0, 0.1) is 0 Å². The van der Waals surface area contributed by atoms with E-state index in [0.717, 1.165) is 5.57 Å². The Kier molecular flexibility index (Phi) is 4.06. The summed E-state index contributed by atoms with van der Waals surface area (Å²) in [5.74, 6) is 0.504. The van der Waals surface area contributed by atoms with Gasteiger partial charge in [-0.1, -0.05) is 19.2 Å². The smallest absolute Gasteiger partial charge is 0.222 e. The Morgan fingerprint density at radius 3 is 2.87 bits per heavy atom. The van der Waals surface area contributed by atoms with Gasteiger partial charge in [-0.3, -0.25) is 0 Å². The zero-order chi connectivity index (χ0) is 11.3.